The molecule has 0 aromatic heterocycles. The number of amides is 2. The molecule has 2 amide bonds. The number of hydrogen-bond acceptors (Lipinski definition) is 4. The fraction of sp³-hybridized carbons (Fsp3) is 0.391. The van der Waals surface area contributed by atoms with Crippen molar-refractivity contribution in [2.75, 3.05) is 18.4 Å². The summed E-state index contributed by atoms with van der Waals surface area (Å²) in [4.78, 5) is 25.1. The summed E-state index contributed by atoms with van der Waals surface area (Å²) >= 11 is 0. The van der Waals surface area contributed by atoms with Crippen LogP contribution in [0.1, 0.15) is 59.4 Å². The lowest BCUT2D eigenvalue weighted by molar-refractivity contribution is 0.0954. The van der Waals surface area contributed by atoms with Gasteiger partial charge in [0.25, 0.3) is 11.8 Å². The zero-order valence-corrected chi connectivity index (χ0v) is 19.0. The standard InChI is InChI=1S/C23H29N3O4S/c1-4-24-22(27)18-9-7-10-19(14-18)25-23(28)21-15-20(12-11-16(21)2)31(29,30)26-13-6-5-8-17(26)3/h7,9-12,14-15,17H,4-6,8,13H2,1-3H3,(H,24,27)(H,25,28)/t17-/m0/s1. The normalized spacial score (nSPS) is 17.2. The molecule has 2 aromatic carbocycles. The Morgan fingerprint density at radius 3 is 2.58 bits per heavy atom. The van der Waals surface area contributed by atoms with Crippen LogP contribution in [-0.4, -0.2) is 43.7 Å². The molecule has 8 heteroatoms. The highest BCUT2D eigenvalue weighted by atomic mass is 32.2. The Morgan fingerprint density at radius 2 is 1.87 bits per heavy atom. The van der Waals surface area contributed by atoms with E-state index in [9.17, 15) is 18.0 Å². The third-order valence-electron chi connectivity index (χ3n) is 5.52. The molecule has 0 spiro atoms. The van der Waals surface area contributed by atoms with Gasteiger partial charge in [0, 0.05) is 35.9 Å². The predicted molar refractivity (Wildman–Crippen MR) is 121 cm³/mol. The van der Waals surface area contributed by atoms with Gasteiger partial charge in [0.2, 0.25) is 10.0 Å². The summed E-state index contributed by atoms with van der Waals surface area (Å²) in [7, 11) is -3.68. The van der Waals surface area contributed by atoms with Crippen molar-refractivity contribution >= 4 is 27.5 Å². The Kier molecular flexibility index (Phi) is 7.12. The van der Waals surface area contributed by atoms with Gasteiger partial charge in [-0.25, -0.2) is 8.42 Å². The number of nitrogens with zero attached hydrogens (tertiary/aromatic N) is 1. The van der Waals surface area contributed by atoms with E-state index in [1.807, 2.05) is 13.8 Å². The number of anilines is 1. The summed E-state index contributed by atoms with van der Waals surface area (Å²) in [5.41, 5.74) is 1.86. The van der Waals surface area contributed by atoms with Gasteiger partial charge in [-0.15, -0.1) is 0 Å². The number of benzene rings is 2. The van der Waals surface area contributed by atoms with Crippen LogP contribution in [0.4, 0.5) is 5.69 Å². The van der Waals surface area contributed by atoms with E-state index in [1.54, 1.807) is 43.3 Å². The minimum absolute atomic E-state index is 0.0608. The van der Waals surface area contributed by atoms with E-state index in [1.165, 1.54) is 10.4 Å². The Labute approximate surface area is 183 Å². The molecular formula is C23H29N3O4S. The van der Waals surface area contributed by atoms with Crippen molar-refractivity contribution in [2.24, 2.45) is 0 Å². The lowest BCUT2D eigenvalue weighted by Crippen LogP contribution is -2.42. The van der Waals surface area contributed by atoms with E-state index in [-0.39, 0.29) is 22.4 Å². The highest BCUT2D eigenvalue weighted by Gasteiger charge is 2.31. The monoisotopic (exact) mass is 443 g/mol. The number of hydrogen-bond donors (Lipinski definition) is 2. The quantitative estimate of drug-likeness (QED) is 0.714. The molecule has 2 N–H and O–H groups in total. The van der Waals surface area contributed by atoms with Crippen LogP contribution in [0, 0.1) is 6.92 Å². The molecule has 166 valence electrons. The Morgan fingerprint density at radius 1 is 1.10 bits per heavy atom. The number of carbonyl (C=O) groups is 2. The zero-order chi connectivity index (χ0) is 22.6. The van der Waals surface area contributed by atoms with Crippen LogP contribution < -0.4 is 10.6 Å². The lowest BCUT2D eigenvalue weighted by Gasteiger charge is -2.32. The highest BCUT2D eigenvalue weighted by molar-refractivity contribution is 7.89. The molecule has 0 radical (unpaired) electrons. The van der Waals surface area contributed by atoms with Crippen molar-refractivity contribution in [1.82, 2.24) is 9.62 Å². The molecule has 1 atom stereocenters. The molecule has 1 aliphatic rings. The van der Waals surface area contributed by atoms with Crippen LogP contribution in [0.5, 0.6) is 0 Å². The van der Waals surface area contributed by atoms with Gasteiger partial charge < -0.3 is 10.6 Å². The van der Waals surface area contributed by atoms with E-state index in [4.69, 9.17) is 0 Å². The number of carbonyl (C=O) groups excluding carboxylic acids is 2. The first-order valence-corrected chi connectivity index (χ1v) is 12.0. The van der Waals surface area contributed by atoms with Crippen molar-refractivity contribution in [3.8, 4) is 0 Å². The van der Waals surface area contributed by atoms with E-state index in [0.29, 0.717) is 29.9 Å². The van der Waals surface area contributed by atoms with Gasteiger partial charge >= 0.3 is 0 Å². The molecule has 31 heavy (non-hydrogen) atoms. The highest BCUT2D eigenvalue weighted by Crippen LogP contribution is 2.26. The molecule has 1 aliphatic heterocycles. The molecule has 0 saturated carbocycles. The summed E-state index contributed by atoms with van der Waals surface area (Å²) in [6.45, 7) is 6.51. The fourth-order valence-electron chi connectivity index (χ4n) is 3.77. The van der Waals surface area contributed by atoms with Gasteiger partial charge in [0.15, 0.2) is 0 Å². The van der Waals surface area contributed by atoms with E-state index < -0.39 is 15.9 Å². The SMILES string of the molecule is CCNC(=O)c1cccc(NC(=O)c2cc(S(=O)(=O)N3CCCC[C@@H]3C)ccc2C)c1. The summed E-state index contributed by atoms with van der Waals surface area (Å²) in [5.74, 6) is -0.646. The number of rotatable bonds is 6. The molecule has 2 aromatic rings. The second-order valence-electron chi connectivity index (χ2n) is 7.83. The smallest absolute Gasteiger partial charge is 0.255 e. The van der Waals surface area contributed by atoms with Crippen molar-refractivity contribution in [3.05, 3.63) is 59.2 Å². The minimum Gasteiger partial charge on any atom is -0.352 e. The number of sulfonamides is 1. The molecule has 3 rings (SSSR count). The van der Waals surface area contributed by atoms with Gasteiger partial charge in [-0.05, 0) is 69.5 Å². The van der Waals surface area contributed by atoms with Crippen LogP contribution in [0.3, 0.4) is 0 Å². The molecule has 0 unspecified atom stereocenters. The van der Waals surface area contributed by atoms with E-state index in [0.717, 1.165) is 19.3 Å². The van der Waals surface area contributed by atoms with Crippen molar-refractivity contribution in [3.63, 3.8) is 0 Å². The summed E-state index contributed by atoms with van der Waals surface area (Å²) in [6, 6.07) is 11.2. The molecule has 0 aliphatic carbocycles. The molecular weight excluding hydrogens is 414 g/mol. The van der Waals surface area contributed by atoms with E-state index >= 15 is 0 Å². The Hall–Kier alpha value is -2.71. The summed E-state index contributed by atoms with van der Waals surface area (Å²) in [6.07, 6.45) is 2.69. The van der Waals surface area contributed by atoms with E-state index in [2.05, 4.69) is 10.6 Å². The topological polar surface area (TPSA) is 95.6 Å². The van der Waals surface area contributed by atoms with Gasteiger partial charge in [0.1, 0.15) is 0 Å². The van der Waals surface area contributed by atoms with Gasteiger partial charge in [-0.2, -0.15) is 4.31 Å². The average molecular weight is 444 g/mol. The molecule has 7 nitrogen and oxygen atoms in total. The Balaban J connectivity index is 1.86. The fourth-order valence-corrected chi connectivity index (χ4v) is 5.50. The predicted octanol–water partition coefficient (Wildman–Crippen LogP) is 3.56. The second-order valence-corrected chi connectivity index (χ2v) is 9.72. The average Bonchev–Trinajstić information content (AvgIpc) is 2.74. The van der Waals surface area contributed by atoms with Crippen molar-refractivity contribution in [1.29, 1.82) is 0 Å². The maximum absolute atomic E-state index is 13.2. The van der Waals surface area contributed by atoms with Gasteiger partial charge in [-0.3, -0.25) is 9.59 Å². The lowest BCUT2D eigenvalue weighted by atomic mass is 10.1. The molecule has 1 saturated heterocycles. The molecule has 1 heterocycles. The van der Waals surface area contributed by atoms with Crippen molar-refractivity contribution in [2.45, 2.75) is 51.0 Å². The van der Waals surface area contributed by atoms with Crippen LogP contribution in [0.25, 0.3) is 0 Å². The minimum atomic E-state index is -3.68. The van der Waals surface area contributed by atoms with Crippen LogP contribution >= 0.6 is 0 Å². The maximum Gasteiger partial charge on any atom is 0.255 e. The van der Waals surface area contributed by atoms with Gasteiger partial charge in [0.05, 0.1) is 4.90 Å². The third-order valence-corrected chi connectivity index (χ3v) is 7.53. The maximum atomic E-state index is 13.2. The zero-order valence-electron chi connectivity index (χ0n) is 18.1. The summed E-state index contributed by atoms with van der Waals surface area (Å²) < 4.78 is 27.9. The number of piperidine rings is 1. The molecule has 1 fully saturated rings. The van der Waals surface area contributed by atoms with Crippen LogP contribution in [0.15, 0.2) is 47.4 Å². The Bertz CT molecular complexity index is 1080. The number of nitrogens with one attached hydrogen (secondary N) is 2. The third kappa shape index (κ3) is 5.14. The number of aryl methyl sites for hydroxylation is 1. The second kappa shape index (κ2) is 9.62. The first-order valence-electron chi connectivity index (χ1n) is 10.6. The molecule has 0 bridgehead atoms. The van der Waals surface area contributed by atoms with Crippen LogP contribution in [0.2, 0.25) is 0 Å². The first-order chi connectivity index (χ1) is 14.7. The largest absolute Gasteiger partial charge is 0.352 e. The van der Waals surface area contributed by atoms with Gasteiger partial charge in [-0.1, -0.05) is 18.6 Å². The van der Waals surface area contributed by atoms with Crippen molar-refractivity contribution < 1.29 is 18.0 Å². The first kappa shape index (κ1) is 23.0. The van der Waals surface area contributed by atoms with Crippen LogP contribution in [-0.2, 0) is 10.0 Å². The summed E-state index contributed by atoms with van der Waals surface area (Å²) in [5, 5.41) is 5.49.